The zero-order valence-corrected chi connectivity index (χ0v) is 28.6. The maximum atomic E-state index is 14.0. The van der Waals surface area contributed by atoms with Crippen molar-refractivity contribution in [3.8, 4) is 0 Å². The maximum absolute atomic E-state index is 14.0. The molecule has 4 aliphatic rings. The molecule has 1 aromatic heterocycles. The summed E-state index contributed by atoms with van der Waals surface area (Å²) in [6, 6.07) is 2.47. The predicted molar refractivity (Wildman–Crippen MR) is 180 cm³/mol. The first kappa shape index (κ1) is 34.6. The number of carbonyl (C=O) groups is 3. The van der Waals surface area contributed by atoms with Crippen molar-refractivity contribution < 1.29 is 27.6 Å². The lowest BCUT2D eigenvalue weighted by Crippen LogP contribution is -2.57. The maximum Gasteiger partial charge on any atom is 0.418 e. The van der Waals surface area contributed by atoms with Gasteiger partial charge < -0.3 is 30.7 Å². The van der Waals surface area contributed by atoms with Gasteiger partial charge in [-0.1, -0.05) is 11.6 Å². The predicted octanol–water partition coefficient (Wildman–Crippen LogP) is 5.72. The molecule has 1 atom stereocenters. The van der Waals surface area contributed by atoms with Crippen molar-refractivity contribution in [3.05, 3.63) is 45.3 Å². The van der Waals surface area contributed by atoms with Crippen LogP contribution < -0.4 is 16.4 Å². The Morgan fingerprint density at radius 1 is 1.02 bits per heavy atom. The van der Waals surface area contributed by atoms with Crippen molar-refractivity contribution in [1.29, 1.82) is 0 Å². The molecule has 0 bridgehead atoms. The number of piperidine rings is 3. The Bertz CT molecular complexity index is 1500. The summed E-state index contributed by atoms with van der Waals surface area (Å²) in [5, 5.41) is 8.35. The van der Waals surface area contributed by atoms with E-state index in [0.29, 0.717) is 57.4 Å². The van der Waals surface area contributed by atoms with Crippen LogP contribution in [0.15, 0.2) is 23.6 Å². The summed E-state index contributed by atoms with van der Waals surface area (Å²) in [4.78, 5) is 47.9. The summed E-state index contributed by atoms with van der Waals surface area (Å²) in [5.41, 5.74) is 5.24. The molecular formula is C33H43ClF3N7O3S. The number of carbonyl (C=O) groups excluding carboxylic acids is 3. The van der Waals surface area contributed by atoms with Crippen LogP contribution in [0, 0.1) is 11.8 Å². The number of urea groups is 2. The van der Waals surface area contributed by atoms with E-state index in [2.05, 4.69) is 22.6 Å². The number of alkyl halides is 3. The lowest BCUT2D eigenvalue weighted by atomic mass is 9.79. The molecule has 5 amide bonds. The second kappa shape index (κ2) is 14.3. The lowest BCUT2D eigenvalue weighted by molar-refractivity contribution is -0.137. The number of hydrogen-bond donors (Lipinski definition) is 3. The van der Waals surface area contributed by atoms with Crippen LogP contribution in [0.5, 0.6) is 0 Å². The molecule has 0 unspecified atom stereocenters. The number of nitrogens with zero attached hydrogens (tertiary/aromatic N) is 4. The van der Waals surface area contributed by atoms with Gasteiger partial charge in [-0.3, -0.25) is 10.1 Å². The van der Waals surface area contributed by atoms with Crippen LogP contribution in [-0.4, -0.2) is 96.0 Å². The van der Waals surface area contributed by atoms with Gasteiger partial charge in [-0.25, -0.2) is 9.59 Å². The van der Waals surface area contributed by atoms with E-state index in [1.807, 2.05) is 11.4 Å². The van der Waals surface area contributed by atoms with E-state index < -0.39 is 29.5 Å². The highest BCUT2D eigenvalue weighted by atomic mass is 35.5. The van der Waals surface area contributed by atoms with Crippen LogP contribution in [-0.2, 0) is 23.9 Å². The monoisotopic (exact) mass is 709 g/mol. The minimum atomic E-state index is -4.73. The zero-order valence-electron chi connectivity index (χ0n) is 27.0. The van der Waals surface area contributed by atoms with Gasteiger partial charge in [0, 0.05) is 44.2 Å². The molecule has 262 valence electrons. The van der Waals surface area contributed by atoms with Crippen LogP contribution in [0.25, 0.3) is 0 Å². The van der Waals surface area contributed by atoms with Crippen LogP contribution in [0.1, 0.15) is 55.2 Å². The van der Waals surface area contributed by atoms with Crippen LogP contribution in [0.2, 0.25) is 5.02 Å². The average molecular weight is 710 g/mol. The standard InChI is InChI=1S/C33H43ClF3N7O3S/c1-41-9-2-21(3-10-41)22-4-11-42(12-5-22)30(45)27(18-20-16-25(33(35,36)37)28(38)26(34)17-20)39-31(46)43-13-6-24(7-14-43)44-19-23-8-15-48-29(23)40-32(44)47/h8,15-17,21-22,24,27H,2-7,9-14,18-19,38H2,1H3,(H,39,46)(H,40,47)/t27-/m1/s1. The normalized spacial score (nSPS) is 21.2. The number of rotatable bonds is 6. The molecule has 48 heavy (non-hydrogen) atoms. The van der Waals surface area contributed by atoms with E-state index in [4.69, 9.17) is 17.3 Å². The summed E-state index contributed by atoms with van der Waals surface area (Å²) >= 11 is 7.61. The van der Waals surface area contributed by atoms with Gasteiger partial charge in [-0.15, -0.1) is 11.3 Å². The van der Waals surface area contributed by atoms with Gasteiger partial charge in [0.15, 0.2) is 0 Å². The second-order valence-electron chi connectivity index (χ2n) is 13.6. The number of benzene rings is 1. The molecule has 1 aromatic carbocycles. The molecule has 10 nitrogen and oxygen atoms in total. The third kappa shape index (κ3) is 7.65. The minimum absolute atomic E-state index is 0.0527. The van der Waals surface area contributed by atoms with Crippen LogP contribution in [0.4, 0.5) is 33.4 Å². The summed E-state index contributed by atoms with van der Waals surface area (Å²) in [6.07, 6.45) is 0.216. The smallest absolute Gasteiger partial charge is 0.397 e. The lowest BCUT2D eigenvalue weighted by Gasteiger charge is -2.41. The Morgan fingerprint density at radius 3 is 2.29 bits per heavy atom. The topological polar surface area (TPSA) is 114 Å². The number of nitrogens with one attached hydrogen (secondary N) is 2. The number of fused-ring (bicyclic) bond motifs is 1. The Balaban J connectivity index is 1.13. The Hall–Kier alpha value is -3.23. The average Bonchev–Trinajstić information content (AvgIpc) is 3.52. The fourth-order valence-electron chi connectivity index (χ4n) is 7.68. The molecule has 0 aliphatic carbocycles. The van der Waals surface area contributed by atoms with E-state index in [0.717, 1.165) is 55.4 Å². The van der Waals surface area contributed by atoms with Gasteiger partial charge >= 0.3 is 18.2 Å². The van der Waals surface area contributed by atoms with Crippen molar-refractivity contribution in [1.82, 2.24) is 24.9 Å². The summed E-state index contributed by atoms with van der Waals surface area (Å²) in [7, 11) is 2.13. The number of amides is 5. The molecule has 4 N–H and O–H groups in total. The highest BCUT2D eigenvalue weighted by molar-refractivity contribution is 7.14. The van der Waals surface area contributed by atoms with Gasteiger partial charge in [0.2, 0.25) is 5.91 Å². The van der Waals surface area contributed by atoms with Gasteiger partial charge in [-0.05, 0) is 99.6 Å². The zero-order chi connectivity index (χ0) is 34.2. The molecular weight excluding hydrogens is 667 g/mol. The molecule has 3 saturated heterocycles. The molecule has 6 rings (SSSR count). The highest BCUT2D eigenvalue weighted by Gasteiger charge is 2.38. The Labute approximate surface area is 287 Å². The number of nitrogen functional groups attached to an aromatic ring is 1. The van der Waals surface area contributed by atoms with Crippen molar-refractivity contribution >= 4 is 51.6 Å². The molecule has 5 heterocycles. The number of halogens is 4. The van der Waals surface area contributed by atoms with Crippen LogP contribution >= 0.6 is 22.9 Å². The fraction of sp³-hybridized carbons (Fsp3) is 0.606. The molecule has 3 fully saturated rings. The van der Waals surface area contributed by atoms with E-state index in [1.54, 1.807) is 14.7 Å². The van der Waals surface area contributed by atoms with E-state index in [1.165, 1.54) is 17.4 Å². The highest BCUT2D eigenvalue weighted by Crippen LogP contribution is 2.38. The van der Waals surface area contributed by atoms with Crippen molar-refractivity contribution in [2.24, 2.45) is 11.8 Å². The molecule has 0 saturated carbocycles. The fourth-order valence-corrected chi connectivity index (χ4v) is 8.72. The molecule has 15 heteroatoms. The van der Waals surface area contributed by atoms with Crippen molar-refractivity contribution in [3.63, 3.8) is 0 Å². The molecule has 2 aromatic rings. The van der Waals surface area contributed by atoms with Gasteiger partial charge in [0.1, 0.15) is 11.0 Å². The quantitative estimate of drug-likeness (QED) is 0.333. The van der Waals surface area contributed by atoms with Gasteiger partial charge in [0.25, 0.3) is 0 Å². The number of nitrogens with two attached hydrogens (primary N) is 1. The number of thiophene rings is 1. The van der Waals surface area contributed by atoms with Gasteiger partial charge in [0.05, 0.1) is 22.8 Å². The third-order valence-electron chi connectivity index (χ3n) is 10.6. The van der Waals surface area contributed by atoms with Crippen molar-refractivity contribution in [2.45, 2.75) is 69.8 Å². The summed E-state index contributed by atoms with van der Waals surface area (Å²) in [6.45, 7) is 4.45. The first-order valence-corrected chi connectivity index (χ1v) is 17.9. The Morgan fingerprint density at radius 2 is 1.65 bits per heavy atom. The molecule has 0 radical (unpaired) electrons. The van der Waals surface area contributed by atoms with Crippen LogP contribution in [0.3, 0.4) is 0 Å². The van der Waals surface area contributed by atoms with Gasteiger partial charge in [-0.2, -0.15) is 13.2 Å². The molecule has 0 spiro atoms. The third-order valence-corrected chi connectivity index (χ3v) is 11.8. The largest absolute Gasteiger partial charge is 0.418 e. The number of anilines is 2. The summed E-state index contributed by atoms with van der Waals surface area (Å²) < 4.78 is 41.4. The van der Waals surface area contributed by atoms with E-state index in [-0.39, 0.29) is 35.0 Å². The number of likely N-dealkylation sites (tertiary alicyclic amines) is 3. The first-order valence-electron chi connectivity index (χ1n) is 16.7. The molecule has 4 aliphatic heterocycles. The van der Waals surface area contributed by atoms with Crippen molar-refractivity contribution in [2.75, 3.05) is 57.4 Å². The number of hydrogen-bond acceptors (Lipinski definition) is 6. The summed E-state index contributed by atoms with van der Waals surface area (Å²) in [5.74, 6) is 0.826. The van der Waals surface area contributed by atoms with E-state index >= 15 is 0 Å². The van der Waals surface area contributed by atoms with E-state index in [9.17, 15) is 27.6 Å². The minimum Gasteiger partial charge on any atom is -0.397 e. The Kier molecular flexibility index (Phi) is 10.3. The first-order chi connectivity index (χ1) is 22.9. The SMILES string of the molecule is CN1CCC(C2CCN(C(=O)[C@@H](Cc3cc(Cl)c(N)c(C(F)(F)F)c3)NC(=O)N3CCC(N4Cc5ccsc5NC4=O)CC3)CC2)CC1. The second-order valence-corrected chi connectivity index (χ2v) is 14.9.